The topological polar surface area (TPSA) is 23.5 Å². The lowest BCUT2D eigenvalue weighted by atomic mass is 9.48. The molecule has 2 nitrogen and oxygen atoms in total. The Bertz CT molecular complexity index is 358. The largest absolute Gasteiger partial charge is 0.391 e. The Balaban J connectivity index is 1.46. The number of hydrogen-bond donors (Lipinski definition) is 1. The third-order valence-electron chi connectivity index (χ3n) is 7.45. The van der Waals surface area contributed by atoms with E-state index < -0.39 is 0 Å². The van der Waals surface area contributed by atoms with Crippen LogP contribution in [0.25, 0.3) is 0 Å². The molecule has 1 aliphatic heterocycles. The molecule has 5 rings (SSSR count). The molecule has 4 aliphatic carbocycles. The van der Waals surface area contributed by atoms with Crippen molar-refractivity contribution >= 4 is 0 Å². The Labute approximate surface area is 130 Å². The highest BCUT2D eigenvalue weighted by molar-refractivity contribution is 5.05. The maximum absolute atomic E-state index is 11.1. The summed E-state index contributed by atoms with van der Waals surface area (Å²) in [5, 5.41) is 11.1. The summed E-state index contributed by atoms with van der Waals surface area (Å²) in [4.78, 5) is 2.59. The lowest BCUT2D eigenvalue weighted by Crippen LogP contribution is -2.56. The monoisotopic (exact) mass is 291 g/mol. The number of piperidine rings is 1. The molecule has 3 unspecified atom stereocenters. The van der Waals surface area contributed by atoms with E-state index in [4.69, 9.17) is 0 Å². The second-order valence-corrected chi connectivity index (χ2v) is 9.28. The van der Waals surface area contributed by atoms with Gasteiger partial charge in [-0.1, -0.05) is 6.92 Å². The summed E-state index contributed by atoms with van der Waals surface area (Å²) in [6, 6.07) is 0.671. The number of likely N-dealkylation sites (tertiary alicyclic amines) is 1. The van der Waals surface area contributed by atoms with Gasteiger partial charge < -0.3 is 5.11 Å². The van der Waals surface area contributed by atoms with Crippen LogP contribution in [0.4, 0.5) is 0 Å². The number of aliphatic hydroxyl groups excluding tert-OH is 1. The van der Waals surface area contributed by atoms with Crippen LogP contribution in [-0.4, -0.2) is 35.2 Å². The summed E-state index contributed by atoms with van der Waals surface area (Å²) < 4.78 is 0. The Morgan fingerprint density at radius 3 is 2.14 bits per heavy atom. The SMILES string of the molecule is CC1CCC(C)N(CC(O)C23CC4CC(CC(C4)C2)C3)C1. The zero-order valence-corrected chi connectivity index (χ0v) is 13.9. The van der Waals surface area contributed by atoms with Crippen molar-refractivity contribution in [1.29, 1.82) is 0 Å². The van der Waals surface area contributed by atoms with Gasteiger partial charge in [-0.3, -0.25) is 4.90 Å². The van der Waals surface area contributed by atoms with E-state index in [0.29, 0.717) is 11.5 Å². The summed E-state index contributed by atoms with van der Waals surface area (Å²) in [6.07, 6.45) is 11.0. The van der Waals surface area contributed by atoms with Crippen LogP contribution in [0.5, 0.6) is 0 Å². The lowest BCUT2D eigenvalue weighted by molar-refractivity contribution is -0.130. The van der Waals surface area contributed by atoms with Crippen LogP contribution in [0.1, 0.15) is 65.2 Å². The van der Waals surface area contributed by atoms with E-state index in [-0.39, 0.29) is 6.10 Å². The van der Waals surface area contributed by atoms with Crippen molar-refractivity contribution in [3.05, 3.63) is 0 Å². The number of β-amino-alcohol motifs (C(OH)–C–C–N with tert-alkyl or cyclic N) is 1. The van der Waals surface area contributed by atoms with Crippen molar-refractivity contribution in [1.82, 2.24) is 4.90 Å². The highest BCUT2D eigenvalue weighted by Gasteiger charge is 2.54. The molecule has 5 fully saturated rings. The summed E-state index contributed by atoms with van der Waals surface area (Å²) in [6.45, 7) is 6.87. The predicted octanol–water partition coefficient (Wildman–Crippen LogP) is 3.68. The fourth-order valence-corrected chi connectivity index (χ4v) is 6.64. The first-order chi connectivity index (χ1) is 10.0. The van der Waals surface area contributed by atoms with Gasteiger partial charge in [0.05, 0.1) is 6.10 Å². The number of nitrogens with zero attached hydrogens (tertiary/aromatic N) is 1. The Hall–Kier alpha value is -0.0800. The molecule has 5 aliphatic rings. The molecule has 0 radical (unpaired) electrons. The van der Waals surface area contributed by atoms with Crippen molar-refractivity contribution in [3.8, 4) is 0 Å². The molecule has 1 saturated heterocycles. The molecule has 0 aromatic heterocycles. The first kappa shape index (κ1) is 14.5. The first-order valence-corrected chi connectivity index (χ1v) is 9.46. The average Bonchev–Trinajstić information content (AvgIpc) is 2.41. The van der Waals surface area contributed by atoms with E-state index in [9.17, 15) is 5.11 Å². The molecule has 120 valence electrons. The standard InChI is InChI=1S/C19H33NO/c1-13-3-4-14(2)20(11-13)12-18(21)19-8-15-5-16(9-19)7-17(6-15)10-19/h13-18,21H,3-12H2,1-2H3. The number of aliphatic hydroxyl groups is 1. The summed E-state index contributed by atoms with van der Waals surface area (Å²) in [5.41, 5.74) is 0.301. The van der Waals surface area contributed by atoms with E-state index in [1.807, 2.05) is 0 Å². The summed E-state index contributed by atoms with van der Waals surface area (Å²) in [5.74, 6) is 3.65. The fourth-order valence-electron chi connectivity index (χ4n) is 6.64. The normalized spacial score (nSPS) is 51.3. The van der Waals surface area contributed by atoms with Gasteiger partial charge in [0.15, 0.2) is 0 Å². The molecule has 4 saturated carbocycles. The van der Waals surface area contributed by atoms with Crippen molar-refractivity contribution in [2.75, 3.05) is 13.1 Å². The van der Waals surface area contributed by atoms with Crippen LogP contribution < -0.4 is 0 Å². The summed E-state index contributed by atoms with van der Waals surface area (Å²) in [7, 11) is 0. The Morgan fingerprint density at radius 2 is 1.57 bits per heavy atom. The fraction of sp³-hybridized carbons (Fsp3) is 1.00. The van der Waals surface area contributed by atoms with Gasteiger partial charge in [0, 0.05) is 19.1 Å². The molecule has 0 aromatic rings. The highest BCUT2D eigenvalue weighted by atomic mass is 16.3. The van der Waals surface area contributed by atoms with Gasteiger partial charge in [0.1, 0.15) is 0 Å². The van der Waals surface area contributed by atoms with Crippen molar-refractivity contribution in [2.24, 2.45) is 29.1 Å². The first-order valence-electron chi connectivity index (χ1n) is 9.46. The molecule has 0 amide bonds. The summed E-state index contributed by atoms with van der Waals surface area (Å²) >= 11 is 0. The van der Waals surface area contributed by atoms with Gasteiger partial charge in [0.25, 0.3) is 0 Å². The van der Waals surface area contributed by atoms with Gasteiger partial charge >= 0.3 is 0 Å². The van der Waals surface area contributed by atoms with Crippen molar-refractivity contribution in [2.45, 2.75) is 77.4 Å². The van der Waals surface area contributed by atoms with E-state index >= 15 is 0 Å². The zero-order chi connectivity index (χ0) is 14.6. The Morgan fingerprint density at radius 1 is 1.00 bits per heavy atom. The van der Waals surface area contributed by atoms with Crippen LogP contribution >= 0.6 is 0 Å². The van der Waals surface area contributed by atoms with Crippen molar-refractivity contribution < 1.29 is 5.11 Å². The van der Waals surface area contributed by atoms with Crippen LogP contribution in [0, 0.1) is 29.1 Å². The molecule has 21 heavy (non-hydrogen) atoms. The molecule has 2 heteroatoms. The van der Waals surface area contributed by atoms with E-state index in [0.717, 1.165) is 30.2 Å². The molecule has 4 bridgehead atoms. The molecular weight excluding hydrogens is 258 g/mol. The predicted molar refractivity (Wildman–Crippen MR) is 86.0 cm³/mol. The van der Waals surface area contributed by atoms with Gasteiger partial charge in [0.2, 0.25) is 0 Å². The minimum absolute atomic E-state index is 0.0707. The Kier molecular flexibility index (Phi) is 3.61. The van der Waals surface area contributed by atoms with E-state index in [1.54, 1.807) is 0 Å². The van der Waals surface area contributed by atoms with Crippen molar-refractivity contribution in [3.63, 3.8) is 0 Å². The second kappa shape index (κ2) is 5.23. The number of hydrogen-bond acceptors (Lipinski definition) is 2. The van der Waals surface area contributed by atoms with Crippen LogP contribution in [-0.2, 0) is 0 Å². The maximum Gasteiger partial charge on any atom is 0.0723 e. The third kappa shape index (κ3) is 2.57. The molecule has 0 aromatic carbocycles. The molecular formula is C19H33NO. The molecule has 0 spiro atoms. The minimum atomic E-state index is -0.0707. The van der Waals surface area contributed by atoms with Gasteiger partial charge in [-0.25, -0.2) is 0 Å². The quantitative estimate of drug-likeness (QED) is 0.857. The minimum Gasteiger partial charge on any atom is -0.391 e. The number of rotatable bonds is 3. The van der Waals surface area contributed by atoms with Gasteiger partial charge in [-0.05, 0) is 87.4 Å². The second-order valence-electron chi connectivity index (χ2n) is 9.28. The third-order valence-corrected chi connectivity index (χ3v) is 7.45. The van der Waals surface area contributed by atoms with Crippen LogP contribution in [0.15, 0.2) is 0 Å². The smallest absolute Gasteiger partial charge is 0.0723 e. The van der Waals surface area contributed by atoms with Crippen LogP contribution in [0.2, 0.25) is 0 Å². The van der Waals surface area contributed by atoms with E-state index in [2.05, 4.69) is 18.7 Å². The van der Waals surface area contributed by atoms with Gasteiger partial charge in [-0.2, -0.15) is 0 Å². The lowest BCUT2D eigenvalue weighted by Gasteiger charge is -2.59. The zero-order valence-electron chi connectivity index (χ0n) is 13.9. The van der Waals surface area contributed by atoms with E-state index in [1.165, 1.54) is 57.9 Å². The molecule has 3 atom stereocenters. The van der Waals surface area contributed by atoms with Gasteiger partial charge in [-0.15, -0.1) is 0 Å². The maximum atomic E-state index is 11.1. The molecule has 1 N–H and O–H groups in total. The van der Waals surface area contributed by atoms with Crippen LogP contribution in [0.3, 0.4) is 0 Å². The molecule has 1 heterocycles. The average molecular weight is 291 g/mol. The highest BCUT2D eigenvalue weighted by Crippen LogP contribution is 2.61.